The Kier molecular flexibility index (Phi) is 6.75. The molecule has 1 heterocycles. The Bertz CT molecular complexity index is 455. The summed E-state index contributed by atoms with van der Waals surface area (Å²) >= 11 is 0. The number of carbonyl (C=O) groups is 2. The van der Waals surface area contributed by atoms with Gasteiger partial charge in [-0.3, -0.25) is 4.79 Å². The number of ether oxygens (including phenoxy) is 2. The molecule has 0 aromatic carbocycles. The third-order valence-corrected chi connectivity index (χ3v) is 5.68. The number of rotatable bonds is 4. The van der Waals surface area contributed by atoms with E-state index in [1.807, 2.05) is 27.7 Å². The highest BCUT2D eigenvalue weighted by molar-refractivity contribution is 5.71. The van der Waals surface area contributed by atoms with Gasteiger partial charge in [0.1, 0.15) is 5.60 Å². The second kappa shape index (κ2) is 8.41. The molecule has 2 aliphatic rings. The van der Waals surface area contributed by atoms with E-state index in [2.05, 4.69) is 0 Å². The molecular weight excluding hydrogens is 318 g/mol. The lowest BCUT2D eigenvalue weighted by Gasteiger charge is -2.47. The van der Waals surface area contributed by atoms with Crippen molar-refractivity contribution in [1.29, 1.82) is 0 Å². The van der Waals surface area contributed by atoms with Crippen LogP contribution in [0.1, 0.15) is 79.1 Å². The molecule has 0 aromatic rings. The Balaban J connectivity index is 2.03. The van der Waals surface area contributed by atoms with Crippen LogP contribution < -0.4 is 0 Å². The van der Waals surface area contributed by atoms with Crippen molar-refractivity contribution in [3.05, 3.63) is 0 Å². The molecule has 1 saturated carbocycles. The number of likely N-dealkylation sites (tertiary alicyclic amines) is 1. The van der Waals surface area contributed by atoms with Crippen LogP contribution in [0.5, 0.6) is 0 Å². The molecule has 0 unspecified atom stereocenters. The predicted molar refractivity (Wildman–Crippen MR) is 97.3 cm³/mol. The van der Waals surface area contributed by atoms with Crippen LogP contribution in [0.2, 0.25) is 0 Å². The minimum absolute atomic E-state index is 0.00874. The number of piperidine rings is 1. The van der Waals surface area contributed by atoms with Crippen LogP contribution in [0.3, 0.4) is 0 Å². The lowest BCUT2D eigenvalue weighted by Crippen LogP contribution is -2.48. The van der Waals surface area contributed by atoms with Crippen molar-refractivity contribution in [1.82, 2.24) is 4.90 Å². The van der Waals surface area contributed by atoms with Crippen LogP contribution in [0.25, 0.3) is 0 Å². The number of amides is 1. The Morgan fingerprint density at radius 3 is 2.20 bits per heavy atom. The predicted octanol–water partition coefficient (Wildman–Crippen LogP) is 4.54. The minimum Gasteiger partial charge on any atom is -0.466 e. The molecular formula is C20H35NO4. The van der Waals surface area contributed by atoms with Gasteiger partial charge in [-0.15, -0.1) is 0 Å². The summed E-state index contributed by atoms with van der Waals surface area (Å²) in [6.45, 7) is 9.31. The molecule has 0 bridgehead atoms. The van der Waals surface area contributed by atoms with Crippen LogP contribution in [0.15, 0.2) is 0 Å². The van der Waals surface area contributed by atoms with E-state index in [4.69, 9.17) is 9.47 Å². The maximum Gasteiger partial charge on any atom is 0.410 e. The Morgan fingerprint density at radius 2 is 1.68 bits per heavy atom. The van der Waals surface area contributed by atoms with Crippen molar-refractivity contribution in [3.63, 3.8) is 0 Å². The SMILES string of the molecule is CCOC(=O)CC1(C2CCCCC2)CCN(C(=O)OC(C)(C)C)CC1. The molecule has 144 valence electrons. The normalized spacial score (nSPS) is 21.7. The molecule has 5 nitrogen and oxygen atoms in total. The zero-order valence-corrected chi connectivity index (χ0v) is 16.4. The largest absolute Gasteiger partial charge is 0.466 e. The molecule has 0 aromatic heterocycles. The Hall–Kier alpha value is -1.26. The number of esters is 1. The fourth-order valence-electron chi connectivity index (χ4n) is 4.40. The smallest absolute Gasteiger partial charge is 0.410 e. The Labute approximate surface area is 152 Å². The highest BCUT2D eigenvalue weighted by Gasteiger charge is 2.44. The maximum absolute atomic E-state index is 12.3. The van der Waals surface area contributed by atoms with Gasteiger partial charge < -0.3 is 14.4 Å². The first-order chi connectivity index (χ1) is 11.8. The van der Waals surface area contributed by atoms with Gasteiger partial charge in [0, 0.05) is 13.1 Å². The number of nitrogens with zero attached hydrogens (tertiary/aromatic N) is 1. The first-order valence-electron chi connectivity index (χ1n) is 9.89. The van der Waals surface area contributed by atoms with Crippen molar-refractivity contribution in [2.75, 3.05) is 19.7 Å². The van der Waals surface area contributed by atoms with Crippen LogP contribution in [-0.2, 0) is 14.3 Å². The fourth-order valence-corrected chi connectivity index (χ4v) is 4.40. The maximum atomic E-state index is 12.3. The molecule has 2 rings (SSSR count). The molecule has 2 fully saturated rings. The summed E-state index contributed by atoms with van der Waals surface area (Å²) in [6.07, 6.45) is 8.21. The van der Waals surface area contributed by atoms with Gasteiger partial charge in [0.2, 0.25) is 0 Å². The second-order valence-electron chi connectivity index (χ2n) is 8.65. The molecule has 5 heteroatoms. The Morgan fingerprint density at radius 1 is 1.08 bits per heavy atom. The zero-order valence-electron chi connectivity index (χ0n) is 16.4. The minimum atomic E-state index is -0.472. The number of carbonyl (C=O) groups excluding carboxylic acids is 2. The second-order valence-corrected chi connectivity index (χ2v) is 8.65. The molecule has 25 heavy (non-hydrogen) atoms. The van der Waals surface area contributed by atoms with Crippen LogP contribution in [0, 0.1) is 11.3 Å². The summed E-state index contributed by atoms with van der Waals surface area (Å²) in [6, 6.07) is 0. The third kappa shape index (κ3) is 5.61. The van der Waals surface area contributed by atoms with Gasteiger partial charge in [-0.2, -0.15) is 0 Å². The van der Waals surface area contributed by atoms with Crippen LogP contribution in [0.4, 0.5) is 4.79 Å². The van der Waals surface area contributed by atoms with Gasteiger partial charge in [0.25, 0.3) is 0 Å². The summed E-state index contributed by atoms with van der Waals surface area (Å²) in [5, 5.41) is 0. The monoisotopic (exact) mass is 353 g/mol. The quantitative estimate of drug-likeness (QED) is 0.696. The summed E-state index contributed by atoms with van der Waals surface area (Å²) in [5.41, 5.74) is -0.481. The summed E-state index contributed by atoms with van der Waals surface area (Å²) in [4.78, 5) is 26.4. The van der Waals surface area contributed by atoms with Crippen molar-refractivity contribution >= 4 is 12.1 Å². The average molecular weight is 354 g/mol. The molecule has 1 aliphatic heterocycles. The highest BCUT2D eigenvalue weighted by atomic mass is 16.6. The van der Waals surface area contributed by atoms with Crippen LogP contribution >= 0.6 is 0 Å². The standard InChI is InChI=1S/C20H35NO4/c1-5-24-17(22)15-20(16-9-7-6-8-10-16)11-13-21(14-12-20)18(23)25-19(2,3)4/h16H,5-15H2,1-4H3. The van der Waals surface area contributed by atoms with Crippen molar-refractivity contribution in [2.45, 2.75) is 84.7 Å². The van der Waals surface area contributed by atoms with Crippen molar-refractivity contribution < 1.29 is 19.1 Å². The molecule has 0 spiro atoms. The lowest BCUT2D eigenvalue weighted by atomic mass is 9.62. The van der Waals surface area contributed by atoms with Gasteiger partial charge in [0.15, 0.2) is 0 Å². The van der Waals surface area contributed by atoms with Crippen molar-refractivity contribution in [3.8, 4) is 0 Å². The van der Waals surface area contributed by atoms with E-state index in [0.29, 0.717) is 32.0 Å². The van der Waals surface area contributed by atoms with Gasteiger partial charge in [0.05, 0.1) is 13.0 Å². The van der Waals surface area contributed by atoms with E-state index < -0.39 is 5.60 Å². The first kappa shape index (κ1) is 20.1. The van der Waals surface area contributed by atoms with E-state index in [0.717, 1.165) is 12.8 Å². The van der Waals surface area contributed by atoms with Crippen LogP contribution in [-0.4, -0.2) is 42.3 Å². The molecule has 0 atom stereocenters. The number of hydrogen-bond acceptors (Lipinski definition) is 4. The summed E-state index contributed by atoms with van der Waals surface area (Å²) in [7, 11) is 0. The van der Waals surface area contributed by atoms with Crippen molar-refractivity contribution in [2.24, 2.45) is 11.3 Å². The van der Waals surface area contributed by atoms with E-state index >= 15 is 0 Å². The third-order valence-electron chi connectivity index (χ3n) is 5.68. The first-order valence-corrected chi connectivity index (χ1v) is 9.89. The molecule has 0 radical (unpaired) electrons. The van der Waals surface area contributed by atoms with E-state index in [1.54, 1.807) is 4.90 Å². The highest BCUT2D eigenvalue weighted by Crippen LogP contribution is 2.48. The topological polar surface area (TPSA) is 55.8 Å². The number of hydrogen-bond donors (Lipinski definition) is 0. The van der Waals surface area contributed by atoms with Gasteiger partial charge in [-0.1, -0.05) is 19.3 Å². The van der Waals surface area contributed by atoms with E-state index in [9.17, 15) is 9.59 Å². The fraction of sp³-hybridized carbons (Fsp3) is 0.900. The summed E-state index contributed by atoms with van der Waals surface area (Å²) < 4.78 is 10.8. The molecule has 1 saturated heterocycles. The zero-order chi connectivity index (χ0) is 18.5. The molecule has 0 N–H and O–H groups in total. The van der Waals surface area contributed by atoms with Gasteiger partial charge in [-0.25, -0.2) is 4.79 Å². The molecule has 1 aliphatic carbocycles. The van der Waals surface area contributed by atoms with E-state index in [1.165, 1.54) is 32.1 Å². The van der Waals surface area contributed by atoms with E-state index in [-0.39, 0.29) is 17.5 Å². The van der Waals surface area contributed by atoms with Gasteiger partial charge >= 0.3 is 12.1 Å². The van der Waals surface area contributed by atoms with Gasteiger partial charge in [-0.05, 0) is 64.7 Å². The molecule has 1 amide bonds. The average Bonchev–Trinajstić information content (AvgIpc) is 2.55. The summed E-state index contributed by atoms with van der Waals surface area (Å²) in [5.74, 6) is 0.491. The lowest BCUT2D eigenvalue weighted by molar-refractivity contribution is -0.148.